The minimum absolute atomic E-state index is 0.0246. The van der Waals surface area contributed by atoms with Gasteiger partial charge in [-0.25, -0.2) is 4.98 Å². The molecule has 30 heavy (non-hydrogen) atoms. The molecular formula is C23H31N3O3S. The molecule has 1 aromatic carbocycles. The van der Waals surface area contributed by atoms with E-state index in [2.05, 4.69) is 17.1 Å². The first-order valence-corrected chi connectivity index (χ1v) is 11.2. The average molecular weight is 430 g/mol. The summed E-state index contributed by atoms with van der Waals surface area (Å²) in [4.78, 5) is 32.7. The van der Waals surface area contributed by atoms with Crippen LogP contribution in [0.4, 0.5) is 0 Å². The predicted octanol–water partition coefficient (Wildman–Crippen LogP) is 2.96. The Labute approximate surface area is 182 Å². The molecule has 1 unspecified atom stereocenters. The van der Waals surface area contributed by atoms with Crippen molar-refractivity contribution in [3.05, 3.63) is 41.0 Å². The molecule has 0 aliphatic carbocycles. The molecule has 0 radical (unpaired) electrons. The minimum atomic E-state index is -0.708. The topological polar surface area (TPSA) is 96.5 Å². The molecule has 3 rings (SSSR count). The Kier molecular flexibility index (Phi) is 6.75. The number of aliphatic hydroxyl groups excluding tert-OH is 1. The number of nitrogens with zero attached hydrogens (tertiary/aromatic N) is 2. The van der Waals surface area contributed by atoms with Crippen LogP contribution in [0, 0.1) is 12.3 Å². The fourth-order valence-electron chi connectivity index (χ4n) is 3.75. The molecule has 2 aromatic rings. The van der Waals surface area contributed by atoms with E-state index >= 15 is 0 Å². The van der Waals surface area contributed by atoms with Crippen LogP contribution in [0.25, 0.3) is 10.4 Å². The van der Waals surface area contributed by atoms with E-state index in [1.54, 1.807) is 11.3 Å². The summed E-state index contributed by atoms with van der Waals surface area (Å²) in [6.07, 6.45) is 0.522. The Morgan fingerprint density at radius 1 is 1.30 bits per heavy atom. The summed E-state index contributed by atoms with van der Waals surface area (Å²) in [7, 11) is 0. The van der Waals surface area contributed by atoms with Crippen LogP contribution in [-0.4, -0.2) is 51.4 Å². The van der Waals surface area contributed by atoms with E-state index in [-0.39, 0.29) is 24.7 Å². The molecule has 1 fully saturated rings. The van der Waals surface area contributed by atoms with Gasteiger partial charge in [-0.2, -0.15) is 0 Å². The van der Waals surface area contributed by atoms with Gasteiger partial charge in [-0.15, -0.1) is 11.3 Å². The molecule has 1 amide bonds. The number of amides is 1. The number of aryl methyl sites for hydroxylation is 2. The molecule has 1 saturated heterocycles. The van der Waals surface area contributed by atoms with Crippen molar-refractivity contribution in [2.24, 2.45) is 11.1 Å². The Morgan fingerprint density at radius 2 is 1.97 bits per heavy atom. The molecule has 1 aliphatic rings. The van der Waals surface area contributed by atoms with Gasteiger partial charge in [-0.1, -0.05) is 45.0 Å². The maximum absolute atomic E-state index is 12.9. The lowest BCUT2D eigenvalue weighted by molar-refractivity contribution is -0.140. The van der Waals surface area contributed by atoms with Gasteiger partial charge in [0.25, 0.3) is 0 Å². The number of aliphatic hydroxyl groups is 1. The number of nitrogens with two attached hydrogens (primary N) is 1. The van der Waals surface area contributed by atoms with Gasteiger partial charge < -0.3 is 15.7 Å². The molecule has 0 spiro atoms. The van der Waals surface area contributed by atoms with Crippen molar-refractivity contribution in [1.82, 2.24) is 9.88 Å². The fourth-order valence-corrected chi connectivity index (χ4v) is 4.56. The normalized spacial score (nSPS) is 20.4. The number of carbonyl (C=O) groups excluding carboxylic acids is 2. The molecule has 3 atom stereocenters. The zero-order valence-electron chi connectivity index (χ0n) is 18.1. The standard InChI is InChI=1S/C23H31N3O3S/c1-14-20(30-13-25-14)16-8-5-15(6-9-16)7-10-19(28)18-11-17(27)12-26(18)22(29)21(24)23(2,3)4/h5-6,8-9,13,17-18,21,27H,7,10-12,24H2,1-4H3/t17-,18?,21-/m1/s1. The number of likely N-dealkylation sites (tertiary alicyclic amines) is 1. The SMILES string of the molecule is Cc1ncsc1-c1ccc(CCC(=O)C2C[C@@H](O)CN2C(=O)[C@@H](N)C(C)(C)C)cc1. The number of carbonyl (C=O) groups is 2. The van der Waals surface area contributed by atoms with E-state index in [0.717, 1.165) is 21.7 Å². The Morgan fingerprint density at radius 3 is 2.53 bits per heavy atom. The van der Waals surface area contributed by atoms with Gasteiger partial charge in [0.05, 0.1) is 34.3 Å². The van der Waals surface area contributed by atoms with Gasteiger partial charge in [0.15, 0.2) is 5.78 Å². The number of rotatable bonds is 6. The van der Waals surface area contributed by atoms with Gasteiger partial charge in [0, 0.05) is 19.4 Å². The maximum Gasteiger partial charge on any atom is 0.240 e. The van der Waals surface area contributed by atoms with Crippen molar-refractivity contribution in [1.29, 1.82) is 0 Å². The molecule has 3 N–H and O–H groups in total. The van der Waals surface area contributed by atoms with Crippen LogP contribution >= 0.6 is 11.3 Å². The Balaban J connectivity index is 1.63. The first-order chi connectivity index (χ1) is 14.1. The number of hydrogen-bond donors (Lipinski definition) is 2. The van der Waals surface area contributed by atoms with E-state index in [9.17, 15) is 14.7 Å². The Bertz CT molecular complexity index is 901. The average Bonchev–Trinajstić information content (AvgIpc) is 3.30. The zero-order chi connectivity index (χ0) is 22.1. The van der Waals surface area contributed by atoms with Crippen molar-refractivity contribution in [3.8, 4) is 10.4 Å². The number of hydrogen-bond acceptors (Lipinski definition) is 6. The molecule has 162 valence electrons. The second-order valence-electron chi connectivity index (χ2n) is 9.17. The van der Waals surface area contributed by atoms with Crippen LogP contribution in [0.3, 0.4) is 0 Å². The predicted molar refractivity (Wildman–Crippen MR) is 119 cm³/mol. The summed E-state index contributed by atoms with van der Waals surface area (Å²) >= 11 is 1.61. The van der Waals surface area contributed by atoms with Crippen LogP contribution in [0.2, 0.25) is 0 Å². The minimum Gasteiger partial charge on any atom is -0.391 e. The quantitative estimate of drug-likeness (QED) is 0.736. The van der Waals surface area contributed by atoms with Crippen molar-refractivity contribution in [2.45, 2.75) is 65.1 Å². The maximum atomic E-state index is 12.9. The monoisotopic (exact) mass is 429 g/mol. The molecule has 1 aromatic heterocycles. The van der Waals surface area contributed by atoms with Gasteiger partial charge in [-0.05, 0) is 29.9 Å². The molecule has 6 nitrogen and oxygen atoms in total. The first kappa shape index (κ1) is 22.6. The lowest BCUT2D eigenvalue weighted by Crippen LogP contribution is -2.53. The smallest absolute Gasteiger partial charge is 0.240 e. The van der Waals surface area contributed by atoms with Crippen LogP contribution in [0.15, 0.2) is 29.8 Å². The van der Waals surface area contributed by atoms with Crippen molar-refractivity contribution < 1.29 is 14.7 Å². The van der Waals surface area contributed by atoms with Crippen LogP contribution in [-0.2, 0) is 16.0 Å². The number of ketones is 1. The second-order valence-corrected chi connectivity index (χ2v) is 10.0. The lowest BCUT2D eigenvalue weighted by Gasteiger charge is -2.32. The number of β-amino-alcohol motifs (C(OH)–C–C–N with tert-alkyl or cyclic N) is 1. The molecule has 2 heterocycles. The summed E-state index contributed by atoms with van der Waals surface area (Å²) in [6, 6.07) is 6.86. The van der Waals surface area contributed by atoms with E-state index < -0.39 is 23.6 Å². The highest BCUT2D eigenvalue weighted by Crippen LogP contribution is 2.28. The van der Waals surface area contributed by atoms with Crippen LogP contribution < -0.4 is 5.73 Å². The second kappa shape index (κ2) is 8.96. The van der Waals surface area contributed by atoms with E-state index in [1.807, 2.05) is 45.3 Å². The highest BCUT2D eigenvalue weighted by atomic mass is 32.1. The van der Waals surface area contributed by atoms with Gasteiger partial charge in [0.2, 0.25) is 5.91 Å². The Hall–Kier alpha value is -2.09. The van der Waals surface area contributed by atoms with Crippen molar-refractivity contribution >= 4 is 23.0 Å². The van der Waals surface area contributed by atoms with Crippen molar-refractivity contribution in [2.75, 3.05) is 6.54 Å². The number of aromatic nitrogens is 1. The third-order valence-corrected chi connectivity index (χ3v) is 6.73. The number of Topliss-reactive ketones (excluding diaryl/α,β-unsaturated/α-hetero) is 1. The van der Waals surface area contributed by atoms with Gasteiger partial charge >= 0.3 is 0 Å². The van der Waals surface area contributed by atoms with Crippen LogP contribution in [0.1, 0.15) is 44.9 Å². The van der Waals surface area contributed by atoms with E-state index in [1.165, 1.54) is 4.90 Å². The summed E-state index contributed by atoms with van der Waals surface area (Å²) in [5.74, 6) is -0.287. The van der Waals surface area contributed by atoms with E-state index in [0.29, 0.717) is 12.8 Å². The first-order valence-electron chi connectivity index (χ1n) is 10.3. The van der Waals surface area contributed by atoms with Gasteiger partial charge in [0.1, 0.15) is 0 Å². The number of thiazole rings is 1. The lowest BCUT2D eigenvalue weighted by atomic mass is 9.86. The van der Waals surface area contributed by atoms with Crippen LogP contribution in [0.5, 0.6) is 0 Å². The summed E-state index contributed by atoms with van der Waals surface area (Å²) < 4.78 is 0. The third kappa shape index (κ3) is 4.96. The highest BCUT2D eigenvalue weighted by molar-refractivity contribution is 7.13. The summed E-state index contributed by atoms with van der Waals surface area (Å²) in [5, 5.41) is 10.1. The van der Waals surface area contributed by atoms with Gasteiger partial charge in [-0.3, -0.25) is 9.59 Å². The molecule has 7 heteroatoms. The molecule has 1 aliphatic heterocycles. The molecule has 0 saturated carbocycles. The fraction of sp³-hybridized carbons (Fsp3) is 0.522. The summed E-state index contributed by atoms with van der Waals surface area (Å²) in [6.45, 7) is 7.86. The molecular weight excluding hydrogens is 398 g/mol. The summed E-state index contributed by atoms with van der Waals surface area (Å²) in [5.41, 5.74) is 10.8. The van der Waals surface area contributed by atoms with E-state index in [4.69, 9.17) is 5.73 Å². The number of benzene rings is 1. The highest BCUT2D eigenvalue weighted by Gasteiger charge is 2.42. The zero-order valence-corrected chi connectivity index (χ0v) is 18.9. The largest absolute Gasteiger partial charge is 0.391 e. The third-order valence-electron chi connectivity index (χ3n) is 5.75. The molecule has 0 bridgehead atoms. The van der Waals surface area contributed by atoms with Crippen molar-refractivity contribution in [3.63, 3.8) is 0 Å².